The number of guanidine groups is 1. The number of aliphatic imine (C=N–C) groups is 1. The molecule has 0 fully saturated rings. The van der Waals surface area contributed by atoms with Gasteiger partial charge < -0.3 is 92.9 Å². The van der Waals surface area contributed by atoms with Crippen molar-refractivity contribution in [3.8, 4) is 0 Å². The van der Waals surface area contributed by atoms with Gasteiger partial charge in [0.2, 0.25) is 70.9 Å². The highest BCUT2D eigenvalue weighted by atomic mass is 32.2. The summed E-state index contributed by atoms with van der Waals surface area (Å²) in [7, 11) is 0. The first-order chi connectivity index (χ1) is 46.3. The molecule has 10 atom stereocenters. The van der Waals surface area contributed by atoms with Crippen molar-refractivity contribution in [1.29, 1.82) is 0 Å². The molecule has 0 bridgehead atoms. The normalized spacial score (nSPS) is 14.1. The molecule has 0 heterocycles. The highest BCUT2D eigenvalue weighted by molar-refractivity contribution is 7.99. The first-order valence-electron chi connectivity index (χ1n) is 32.6. The number of primary amides is 1. The number of hydrogen-bond acceptors (Lipinski definition) is 19. The Kier molecular flexibility index (Phi) is 43.0. The summed E-state index contributed by atoms with van der Waals surface area (Å²) in [6.07, 6.45) is 8.82. The number of carbonyl (C=O) groups is 12. The van der Waals surface area contributed by atoms with Gasteiger partial charge >= 0.3 is 0 Å². The summed E-state index contributed by atoms with van der Waals surface area (Å²) in [5.74, 6) is -7.69. The van der Waals surface area contributed by atoms with Gasteiger partial charge in [-0.25, -0.2) is 0 Å². The maximum atomic E-state index is 14.6. The molecular formula is C64H106N18O12S3. The van der Waals surface area contributed by atoms with E-state index in [1.807, 2.05) is 20.1 Å². The first-order valence-corrected chi connectivity index (χ1v) is 36.8. The zero-order valence-electron chi connectivity index (χ0n) is 56.7. The van der Waals surface area contributed by atoms with Gasteiger partial charge in [0.1, 0.15) is 54.4 Å². The van der Waals surface area contributed by atoms with E-state index in [1.54, 1.807) is 73.2 Å². The van der Waals surface area contributed by atoms with Crippen molar-refractivity contribution < 1.29 is 57.5 Å². The van der Waals surface area contributed by atoms with E-state index in [0.717, 1.165) is 0 Å². The number of amides is 12. The van der Waals surface area contributed by atoms with Crippen LogP contribution in [-0.2, 0) is 70.4 Å². The van der Waals surface area contributed by atoms with Crippen LogP contribution >= 0.6 is 35.3 Å². The zero-order chi connectivity index (χ0) is 72.2. The maximum absolute atomic E-state index is 14.6. The molecule has 2 rings (SSSR count). The smallest absolute Gasteiger partial charge is 0.243 e. The molecule has 0 spiro atoms. The average molecular weight is 1420 g/mol. The monoisotopic (exact) mass is 1410 g/mol. The van der Waals surface area contributed by atoms with Gasteiger partial charge in [0.15, 0.2) is 5.96 Å². The molecule has 12 amide bonds. The number of benzene rings is 2. The van der Waals surface area contributed by atoms with E-state index < -0.39 is 144 Å². The van der Waals surface area contributed by atoms with Gasteiger partial charge in [-0.2, -0.15) is 35.3 Å². The number of nitrogens with one attached hydrogen (secondary N) is 11. The largest absolute Gasteiger partial charge is 0.370 e. The molecule has 542 valence electrons. The predicted molar refractivity (Wildman–Crippen MR) is 381 cm³/mol. The molecule has 0 aliphatic rings. The van der Waals surface area contributed by atoms with Crippen LogP contribution in [0, 0.1) is 5.92 Å². The number of unbranched alkanes of at least 4 members (excludes halogenated alkanes) is 2. The highest BCUT2D eigenvalue weighted by Gasteiger charge is 2.34. The van der Waals surface area contributed by atoms with Crippen LogP contribution in [-0.4, -0.2) is 206 Å². The molecule has 23 N–H and O–H groups in total. The Hall–Kier alpha value is -7.72. The Labute approximate surface area is 582 Å². The standard InChI is InChI=1S/C64H106N18O12S3/c1-39(2)34-49(62(93)77-44(54(68)85)25-31-95-4)76-53(84)38-73-58(89)50(35-41-18-9-7-10-19-41)81-63(94)51(36-42-20-11-8-12-21-42)82-61(92)48(27-33-97-6)80-60(91)47(26-32-96-5)75-52(83)37-72-57(88)45(23-14-16-29-66)78-55(86)40(3)74-59(90)46(24-17-30-71-64(69)70)79-56(87)43(67)22-13-15-28-65/h7-12,18-21,39-40,43-51H,13-17,22-38,65-67H2,1-6H3,(H2,68,85)(H,72,88)(H,73,89)(H,74,90)(H,75,83)(H,76,84)(H,77,93)(H,78,86)(H,79,87)(H,80,91)(H,81,94)(H,82,92)(H4,69,70,71)/t40-,43-,44-,45-,46-,47-,48-,49-,50-,51-/m0/s1. The van der Waals surface area contributed by atoms with Crippen molar-refractivity contribution in [1.82, 2.24) is 58.5 Å². The van der Waals surface area contributed by atoms with Gasteiger partial charge in [-0.15, -0.1) is 0 Å². The fourth-order valence-corrected chi connectivity index (χ4v) is 11.1. The number of hydrogen-bond donors (Lipinski definition) is 17. The molecule has 0 unspecified atom stereocenters. The molecule has 33 heteroatoms. The second-order valence-electron chi connectivity index (χ2n) is 23.7. The summed E-state index contributed by atoms with van der Waals surface area (Å²) in [6.45, 7) is 4.67. The quantitative estimate of drug-likeness (QED) is 0.0185. The summed E-state index contributed by atoms with van der Waals surface area (Å²) in [5.41, 5.74) is 35.2. The van der Waals surface area contributed by atoms with Crippen molar-refractivity contribution in [3.63, 3.8) is 0 Å². The third-order valence-electron chi connectivity index (χ3n) is 15.0. The minimum Gasteiger partial charge on any atom is -0.370 e. The predicted octanol–water partition coefficient (Wildman–Crippen LogP) is -2.48. The van der Waals surface area contributed by atoms with E-state index in [-0.39, 0.29) is 82.8 Å². The number of nitrogens with zero attached hydrogens (tertiary/aromatic N) is 1. The van der Waals surface area contributed by atoms with Crippen LogP contribution in [0.1, 0.15) is 109 Å². The molecule has 0 saturated heterocycles. The van der Waals surface area contributed by atoms with E-state index in [0.29, 0.717) is 67.0 Å². The molecule has 0 aromatic heterocycles. The van der Waals surface area contributed by atoms with Crippen LogP contribution in [0.2, 0.25) is 0 Å². The fourth-order valence-electron chi connectivity index (χ4n) is 9.64. The summed E-state index contributed by atoms with van der Waals surface area (Å²) >= 11 is 4.24. The van der Waals surface area contributed by atoms with Crippen LogP contribution in [0.15, 0.2) is 65.7 Å². The van der Waals surface area contributed by atoms with E-state index in [4.69, 9.17) is 34.4 Å². The first kappa shape index (κ1) is 85.4. The maximum Gasteiger partial charge on any atom is 0.243 e. The fraction of sp³-hybridized carbons (Fsp3) is 0.609. The molecule has 2 aromatic carbocycles. The van der Waals surface area contributed by atoms with Crippen LogP contribution < -0.4 is 92.9 Å². The number of carbonyl (C=O) groups excluding carboxylic acids is 12. The van der Waals surface area contributed by atoms with Crippen molar-refractivity contribution in [3.05, 3.63) is 71.8 Å². The summed E-state index contributed by atoms with van der Waals surface area (Å²) in [4.78, 5) is 168. The second-order valence-corrected chi connectivity index (χ2v) is 26.6. The summed E-state index contributed by atoms with van der Waals surface area (Å²) < 4.78 is 0. The number of rotatable bonds is 50. The molecule has 97 heavy (non-hydrogen) atoms. The van der Waals surface area contributed by atoms with Gasteiger partial charge in [0.05, 0.1) is 19.1 Å². The summed E-state index contributed by atoms with van der Waals surface area (Å²) in [5, 5.41) is 29.2. The minimum atomic E-state index is -1.35. The third-order valence-corrected chi connectivity index (χ3v) is 17.0. The second kappa shape index (κ2) is 48.9. The van der Waals surface area contributed by atoms with Crippen LogP contribution in [0.3, 0.4) is 0 Å². The Bertz CT molecular complexity index is 2830. The van der Waals surface area contributed by atoms with Gasteiger partial charge in [-0.1, -0.05) is 80.9 Å². The lowest BCUT2D eigenvalue weighted by Gasteiger charge is -2.27. The van der Waals surface area contributed by atoms with Crippen molar-refractivity contribution in [2.24, 2.45) is 45.3 Å². The Morgan fingerprint density at radius 2 is 0.784 bits per heavy atom. The third kappa shape index (κ3) is 35.9. The molecule has 0 aliphatic carbocycles. The van der Waals surface area contributed by atoms with Crippen LogP contribution in [0.4, 0.5) is 0 Å². The molecule has 30 nitrogen and oxygen atoms in total. The van der Waals surface area contributed by atoms with Gasteiger partial charge in [-0.05, 0) is 144 Å². The Balaban J connectivity index is 2.34. The molecular weight excluding hydrogens is 1310 g/mol. The SMILES string of the molecule is CSCC[C@H](NC(=O)[C@H](CC(C)C)NC(=O)CNC(=O)[C@H](Cc1ccccc1)NC(=O)[C@H](Cc1ccccc1)NC(=O)[C@H](CCSC)NC(=O)[C@H](CCSC)NC(=O)CNC(=O)[C@H](CCCCN)NC(=O)[C@H](C)NC(=O)[C@H](CCCN=C(N)N)NC(=O)[C@@H](N)CCCCN)C(N)=O. The van der Waals surface area contributed by atoms with Crippen molar-refractivity contribution >= 4 is 112 Å². The summed E-state index contributed by atoms with van der Waals surface area (Å²) in [6, 6.07) is 5.78. The van der Waals surface area contributed by atoms with Crippen molar-refractivity contribution in [2.45, 2.75) is 171 Å². The molecule has 0 aliphatic heterocycles. The highest BCUT2D eigenvalue weighted by Crippen LogP contribution is 2.13. The topological polar surface area (TPSA) is 506 Å². The molecule has 0 saturated carbocycles. The lowest BCUT2D eigenvalue weighted by Crippen LogP contribution is -2.59. The minimum absolute atomic E-state index is 0.0513. The van der Waals surface area contributed by atoms with Crippen LogP contribution in [0.25, 0.3) is 0 Å². The molecule has 2 aromatic rings. The van der Waals surface area contributed by atoms with Gasteiger partial charge in [0.25, 0.3) is 0 Å². The lowest BCUT2D eigenvalue weighted by molar-refractivity contribution is -0.135. The average Bonchev–Trinajstić information content (AvgIpc) is 0.981. The lowest BCUT2D eigenvalue weighted by atomic mass is 10.0. The number of nitrogens with two attached hydrogens (primary N) is 6. The Morgan fingerprint density at radius 1 is 0.412 bits per heavy atom. The number of thioether (sulfide) groups is 3. The van der Waals surface area contributed by atoms with E-state index in [2.05, 4.69) is 63.5 Å². The zero-order valence-corrected chi connectivity index (χ0v) is 59.2. The van der Waals surface area contributed by atoms with Gasteiger partial charge in [0, 0.05) is 19.4 Å². The van der Waals surface area contributed by atoms with Crippen molar-refractivity contribution in [2.75, 3.05) is 68.7 Å². The van der Waals surface area contributed by atoms with Crippen LogP contribution in [0.5, 0.6) is 0 Å². The van der Waals surface area contributed by atoms with E-state index in [1.165, 1.54) is 42.2 Å². The van der Waals surface area contributed by atoms with E-state index >= 15 is 0 Å². The van der Waals surface area contributed by atoms with E-state index in [9.17, 15) is 57.5 Å². The van der Waals surface area contributed by atoms with Gasteiger partial charge in [-0.3, -0.25) is 62.5 Å². The Morgan fingerprint density at radius 3 is 1.27 bits per heavy atom. The molecule has 0 radical (unpaired) electrons.